The average molecular weight is 821 g/mol. The second kappa shape index (κ2) is 15.5. The molecule has 63 heavy (non-hydrogen) atoms. The van der Waals surface area contributed by atoms with Crippen molar-refractivity contribution in [3.63, 3.8) is 0 Å². The number of hydrogen-bond donors (Lipinski definition) is 0. The van der Waals surface area contributed by atoms with Gasteiger partial charge in [0.25, 0.3) is 0 Å². The number of nitrogens with zero attached hydrogens (tertiary/aromatic N) is 2. The molecule has 0 atom stereocenters. The van der Waals surface area contributed by atoms with Crippen molar-refractivity contribution in [2.45, 2.75) is 0 Å². The summed E-state index contributed by atoms with van der Waals surface area (Å²) in [5.74, 6) is 0. The fourth-order valence-electron chi connectivity index (χ4n) is 9.59. The van der Waals surface area contributed by atoms with E-state index in [1.54, 1.807) is 0 Å². The molecule has 0 N–H and O–H groups in total. The van der Waals surface area contributed by atoms with E-state index in [1.165, 1.54) is 81.0 Å². The molecule has 0 saturated heterocycles. The number of anilines is 3. The minimum atomic E-state index is 1.08. The summed E-state index contributed by atoms with van der Waals surface area (Å²) in [6.45, 7) is 0. The second-order valence-corrected chi connectivity index (χ2v) is 17.1. The van der Waals surface area contributed by atoms with Gasteiger partial charge in [-0.15, -0.1) is 11.3 Å². The fourth-order valence-corrected chi connectivity index (χ4v) is 10.8. The van der Waals surface area contributed by atoms with Gasteiger partial charge in [0.05, 0.1) is 16.7 Å². The first-order valence-corrected chi connectivity index (χ1v) is 22.3. The molecular formula is C60H40N2S. The number of benzene rings is 10. The van der Waals surface area contributed by atoms with Crippen molar-refractivity contribution in [2.24, 2.45) is 0 Å². The Hall–Kier alpha value is -7.98. The predicted molar refractivity (Wildman–Crippen MR) is 270 cm³/mol. The van der Waals surface area contributed by atoms with Crippen LogP contribution >= 0.6 is 11.3 Å². The van der Waals surface area contributed by atoms with E-state index in [0.29, 0.717) is 0 Å². The van der Waals surface area contributed by atoms with E-state index in [0.717, 1.165) is 28.3 Å². The summed E-state index contributed by atoms with van der Waals surface area (Å²) in [4.78, 5) is 2.41. The van der Waals surface area contributed by atoms with E-state index in [2.05, 4.69) is 252 Å². The number of thiophene rings is 1. The van der Waals surface area contributed by atoms with Crippen LogP contribution in [0.4, 0.5) is 17.1 Å². The van der Waals surface area contributed by atoms with Crippen molar-refractivity contribution in [1.82, 2.24) is 4.57 Å². The summed E-state index contributed by atoms with van der Waals surface area (Å²) in [5.41, 5.74) is 16.4. The van der Waals surface area contributed by atoms with Crippen LogP contribution in [-0.2, 0) is 0 Å². The van der Waals surface area contributed by atoms with E-state index in [-0.39, 0.29) is 0 Å². The standard InChI is InChI=1S/C60H40N2S/c1-4-19-41(20-5-1)46-25-10-11-26-47(46)48-37-35-44(39-55(48)42-21-6-2-7-22-42)61(43-23-8-3-9-24-43)45-36-38-51-49-27-12-15-32-56(49)62(58(51)40-45)57-33-16-13-28-50(57)53-30-18-31-54-52-29-14-17-34-59(52)63-60(53)54/h1-40H. The van der Waals surface area contributed by atoms with Crippen molar-refractivity contribution in [3.05, 3.63) is 243 Å². The largest absolute Gasteiger partial charge is 0.310 e. The van der Waals surface area contributed by atoms with Crippen molar-refractivity contribution < 1.29 is 0 Å². The molecule has 0 spiro atoms. The molecule has 12 rings (SSSR count). The average Bonchev–Trinajstić information content (AvgIpc) is 3.91. The van der Waals surface area contributed by atoms with Crippen LogP contribution in [0, 0.1) is 0 Å². The Bertz CT molecular complexity index is 3620. The van der Waals surface area contributed by atoms with Crippen LogP contribution in [0.25, 0.3) is 92.2 Å². The Morgan fingerprint density at radius 1 is 0.302 bits per heavy atom. The van der Waals surface area contributed by atoms with Crippen molar-refractivity contribution >= 4 is 70.4 Å². The van der Waals surface area contributed by atoms with Gasteiger partial charge in [-0.1, -0.05) is 188 Å². The van der Waals surface area contributed by atoms with Crippen LogP contribution in [0.3, 0.4) is 0 Å². The van der Waals surface area contributed by atoms with Gasteiger partial charge in [-0.25, -0.2) is 0 Å². The van der Waals surface area contributed by atoms with Gasteiger partial charge in [-0.05, 0) is 88.0 Å². The molecule has 0 aliphatic rings. The lowest BCUT2D eigenvalue weighted by molar-refractivity contribution is 1.18. The third kappa shape index (κ3) is 6.33. The molecular weight excluding hydrogens is 781 g/mol. The molecule has 10 aromatic carbocycles. The highest BCUT2D eigenvalue weighted by molar-refractivity contribution is 7.26. The Labute approximate surface area is 370 Å². The quantitative estimate of drug-likeness (QED) is 0.148. The molecule has 0 aliphatic heterocycles. The lowest BCUT2D eigenvalue weighted by atomic mass is 9.89. The smallest absolute Gasteiger partial charge is 0.0562 e. The van der Waals surface area contributed by atoms with Crippen LogP contribution < -0.4 is 4.90 Å². The lowest BCUT2D eigenvalue weighted by Gasteiger charge is -2.27. The molecule has 3 heteroatoms. The minimum absolute atomic E-state index is 1.08. The highest BCUT2D eigenvalue weighted by atomic mass is 32.1. The van der Waals surface area contributed by atoms with Crippen molar-refractivity contribution in [3.8, 4) is 50.2 Å². The van der Waals surface area contributed by atoms with Gasteiger partial charge in [-0.2, -0.15) is 0 Å². The van der Waals surface area contributed by atoms with Crippen LogP contribution in [0.2, 0.25) is 0 Å². The Balaban J connectivity index is 1.08. The summed E-state index contributed by atoms with van der Waals surface area (Å²) in [6, 6.07) is 88.3. The van der Waals surface area contributed by atoms with Gasteiger partial charge in [0.15, 0.2) is 0 Å². The van der Waals surface area contributed by atoms with Gasteiger partial charge in [-0.3, -0.25) is 0 Å². The number of aromatic nitrogens is 1. The molecule has 0 unspecified atom stereocenters. The third-order valence-corrected chi connectivity index (χ3v) is 13.6. The summed E-state index contributed by atoms with van der Waals surface area (Å²) >= 11 is 1.88. The first-order chi connectivity index (χ1) is 31.3. The molecule has 0 radical (unpaired) electrons. The van der Waals surface area contributed by atoms with Crippen LogP contribution in [-0.4, -0.2) is 4.57 Å². The molecule has 0 saturated carbocycles. The minimum Gasteiger partial charge on any atom is -0.310 e. The van der Waals surface area contributed by atoms with E-state index in [1.807, 2.05) is 11.3 Å². The molecule has 0 aliphatic carbocycles. The Kier molecular flexibility index (Phi) is 9.06. The summed E-state index contributed by atoms with van der Waals surface area (Å²) in [7, 11) is 0. The molecule has 0 amide bonds. The summed E-state index contributed by atoms with van der Waals surface area (Å²) < 4.78 is 5.10. The highest BCUT2D eigenvalue weighted by Gasteiger charge is 2.22. The summed E-state index contributed by atoms with van der Waals surface area (Å²) in [6.07, 6.45) is 0. The highest BCUT2D eigenvalue weighted by Crippen LogP contribution is 2.46. The first-order valence-electron chi connectivity index (χ1n) is 21.5. The number of rotatable bonds is 8. The van der Waals surface area contributed by atoms with Crippen LogP contribution in [0.5, 0.6) is 0 Å². The molecule has 296 valence electrons. The number of hydrogen-bond acceptors (Lipinski definition) is 2. The normalized spacial score (nSPS) is 11.5. The van der Waals surface area contributed by atoms with E-state index < -0.39 is 0 Å². The number of para-hydroxylation sites is 3. The maximum Gasteiger partial charge on any atom is 0.0562 e. The monoisotopic (exact) mass is 820 g/mol. The van der Waals surface area contributed by atoms with Crippen LogP contribution in [0.15, 0.2) is 243 Å². The van der Waals surface area contributed by atoms with E-state index >= 15 is 0 Å². The van der Waals surface area contributed by atoms with Crippen LogP contribution in [0.1, 0.15) is 0 Å². The van der Waals surface area contributed by atoms with E-state index in [4.69, 9.17) is 0 Å². The number of fused-ring (bicyclic) bond motifs is 6. The van der Waals surface area contributed by atoms with Gasteiger partial charge in [0.2, 0.25) is 0 Å². The van der Waals surface area contributed by atoms with Gasteiger partial charge in [0.1, 0.15) is 0 Å². The van der Waals surface area contributed by atoms with Gasteiger partial charge >= 0.3 is 0 Å². The molecule has 0 fully saturated rings. The Morgan fingerprint density at radius 3 is 1.63 bits per heavy atom. The first kappa shape index (κ1) is 36.8. The SMILES string of the molecule is c1ccc(-c2ccccc2-c2ccc(N(c3ccccc3)c3ccc4c5ccccc5n(-c5ccccc5-c5cccc6c5sc5ccccc56)c4c3)cc2-c2ccccc2)cc1. The van der Waals surface area contributed by atoms with Gasteiger partial charge in [0, 0.05) is 59.1 Å². The van der Waals surface area contributed by atoms with Crippen molar-refractivity contribution in [1.29, 1.82) is 0 Å². The van der Waals surface area contributed by atoms with Crippen molar-refractivity contribution in [2.75, 3.05) is 4.90 Å². The third-order valence-electron chi connectivity index (χ3n) is 12.4. The van der Waals surface area contributed by atoms with Gasteiger partial charge < -0.3 is 9.47 Å². The maximum atomic E-state index is 2.48. The topological polar surface area (TPSA) is 8.17 Å². The van der Waals surface area contributed by atoms with E-state index in [9.17, 15) is 0 Å². The molecule has 2 nitrogen and oxygen atoms in total. The summed E-state index contributed by atoms with van der Waals surface area (Å²) in [5, 5.41) is 5.06. The molecule has 2 aromatic heterocycles. The zero-order valence-electron chi connectivity index (χ0n) is 34.4. The maximum absolute atomic E-state index is 2.48. The fraction of sp³-hybridized carbons (Fsp3) is 0. The molecule has 0 bridgehead atoms. The molecule has 2 heterocycles. The lowest BCUT2D eigenvalue weighted by Crippen LogP contribution is -2.10. The second-order valence-electron chi connectivity index (χ2n) is 16.0. The molecule has 12 aromatic rings. The predicted octanol–water partition coefficient (Wildman–Crippen LogP) is 17.3. The zero-order valence-corrected chi connectivity index (χ0v) is 35.2. The Morgan fingerprint density at radius 2 is 0.841 bits per heavy atom. The zero-order chi connectivity index (χ0) is 41.7.